The maximum Gasteiger partial charge on any atom is 0.191 e. The van der Waals surface area contributed by atoms with Crippen molar-refractivity contribution in [3.63, 3.8) is 0 Å². The first-order valence-corrected chi connectivity index (χ1v) is 9.71. The minimum Gasteiger partial charge on any atom is -0.469 e. The number of guanidine groups is 1. The zero-order valence-electron chi connectivity index (χ0n) is 15.4. The van der Waals surface area contributed by atoms with Gasteiger partial charge in [-0.25, -0.2) is 0 Å². The van der Waals surface area contributed by atoms with Crippen molar-refractivity contribution in [2.24, 2.45) is 10.9 Å². The molecule has 2 atom stereocenters. The Morgan fingerprint density at radius 1 is 1.36 bits per heavy atom. The summed E-state index contributed by atoms with van der Waals surface area (Å²) in [4.78, 5) is 7.36. The Balaban J connectivity index is 1.48. The third kappa shape index (κ3) is 5.75. The fourth-order valence-electron chi connectivity index (χ4n) is 3.64. The molecule has 3 heterocycles. The molecular weight excluding hydrogens is 316 g/mol. The van der Waals surface area contributed by atoms with Crippen molar-refractivity contribution in [1.29, 1.82) is 0 Å². The summed E-state index contributed by atoms with van der Waals surface area (Å²) in [6.45, 7) is 8.93. The molecule has 0 amide bonds. The van der Waals surface area contributed by atoms with Crippen LogP contribution < -0.4 is 10.6 Å². The van der Waals surface area contributed by atoms with E-state index in [1.54, 1.807) is 6.26 Å². The quantitative estimate of drug-likeness (QED) is 0.555. The number of hydrogen-bond donors (Lipinski definition) is 2. The molecule has 140 valence electrons. The minimum absolute atomic E-state index is 0.558. The lowest BCUT2D eigenvalue weighted by molar-refractivity contribution is 0.187. The summed E-state index contributed by atoms with van der Waals surface area (Å²) >= 11 is 0. The second-order valence-electron chi connectivity index (χ2n) is 6.98. The Labute approximate surface area is 151 Å². The van der Waals surface area contributed by atoms with Gasteiger partial charge < -0.3 is 19.8 Å². The summed E-state index contributed by atoms with van der Waals surface area (Å²) in [5, 5.41) is 7.01. The van der Waals surface area contributed by atoms with Gasteiger partial charge in [0.1, 0.15) is 5.76 Å². The zero-order valence-corrected chi connectivity index (χ0v) is 15.4. The molecular formula is C19H32N4O2. The van der Waals surface area contributed by atoms with Gasteiger partial charge in [0.2, 0.25) is 0 Å². The maximum absolute atomic E-state index is 5.46. The van der Waals surface area contributed by atoms with E-state index < -0.39 is 0 Å². The summed E-state index contributed by atoms with van der Waals surface area (Å²) < 4.78 is 10.9. The molecule has 6 heteroatoms. The van der Waals surface area contributed by atoms with Crippen molar-refractivity contribution in [1.82, 2.24) is 15.5 Å². The van der Waals surface area contributed by atoms with Crippen molar-refractivity contribution >= 4 is 5.96 Å². The summed E-state index contributed by atoms with van der Waals surface area (Å²) in [6, 6.07) is 4.57. The summed E-state index contributed by atoms with van der Waals surface area (Å²) in [7, 11) is 0. The van der Waals surface area contributed by atoms with Crippen LogP contribution in [0.5, 0.6) is 0 Å². The maximum atomic E-state index is 5.46. The van der Waals surface area contributed by atoms with Gasteiger partial charge in [0.25, 0.3) is 0 Å². The minimum atomic E-state index is 0.558. The number of aliphatic imine (C=N–C) groups is 1. The first-order chi connectivity index (χ1) is 12.3. The molecule has 25 heavy (non-hydrogen) atoms. The van der Waals surface area contributed by atoms with E-state index >= 15 is 0 Å². The zero-order chi connectivity index (χ0) is 17.3. The van der Waals surface area contributed by atoms with E-state index in [9.17, 15) is 0 Å². The molecule has 2 saturated heterocycles. The molecule has 2 unspecified atom stereocenters. The lowest BCUT2D eigenvalue weighted by Crippen LogP contribution is -2.45. The number of rotatable bonds is 8. The molecule has 1 aromatic rings. The highest BCUT2D eigenvalue weighted by atomic mass is 16.5. The standard InChI is InChI=1S/C19H32N4O2/c1-2-23-10-3-5-17(23)14-22-19(21-13-16-8-12-24-15-16)20-9-7-18-6-4-11-25-18/h4,6,11,16-17H,2-3,5,7-10,12-15H2,1H3,(H2,20,21,22). The SMILES string of the molecule is CCN1CCCC1CNC(=NCC1CCOC1)NCCc1ccco1. The Bertz CT molecular complexity index is 512. The van der Waals surface area contributed by atoms with Gasteiger partial charge in [0.15, 0.2) is 5.96 Å². The Kier molecular flexibility index (Phi) is 7.18. The van der Waals surface area contributed by atoms with Crippen molar-refractivity contribution in [2.45, 2.75) is 38.6 Å². The predicted octanol–water partition coefficient (Wildman–Crippen LogP) is 1.88. The number of likely N-dealkylation sites (tertiary alicyclic amines) is 1. The van der Waals surface area contributed by atoms with E-state index in [1.807, 2.05) is 12.1 Å². The number of hydrogen-bond acceptors (Lipinski definition) is 4. The van der Waals surface area contributed by atoms with Crippen LogP contribution >= 0.6 is 0 Å². The Morgan fingerprint density at radius 3 is 3.08 bits per heavy atom. The molecule has 3 rings (SSSR count). The van der Waals surface area contributed by atoms with E-state index in [2.05, 4.69) is 22.5 Å². The molecule has 2 N–H and O–H groups in total. The molecule has 0 spiro atoms. The largest absolute Gasteiger partial charge is 0.469 e. The predicted molar refractivity (Wildman–Crippen MR) is 99.9 cm³/mol. The van der Waals surface area contributed by atoms with Crippen molar-refractivity contribution < 1.29 is 9.15 Å². The molecule has 0 saturated carbocycles. The van der Waals surface area contributed by atoms with Crippen molar-refractivity contribution in [2.75, 3.05) is 45.9 Å². The monoisotopic (exact) mass is 348 g/mol. The second kappa shape index (κ2) is 9.82. The molecule has 2 fully saturated rings. The van der Waals surface area contributed by atoms with Crippen LogP contribution in [-0.4, -0.2) is 62.8 Å². The lowest BCUT2D eigenvalue weighted by atomic mass is 10.1. The van der Waals surface area contributed by atoms with Crippen molar-refractivity contribution in [3.05, 3.63) is 24.2 Å². The smallest absolute Gasteiger partial charge is 0.191 e. The Hall–Kier alpha value is -1.53. The number of nitrogens with zero attached hydrogens (tertiary/aromatic N) is 2. The van der Waals surface area contributed by atoms with Crippen LogP contribution in [0.4, 0.5) is 0 Å². The fraction of sp³-hybridized carbons (Fsp3) is 0.737. The third-order valence-electron chi connectivity index (χ3n) is 5.19. The Morgan fingerprint density at radius 2 is 2.32 bits per heavy atom. The van der Waals surface area contributed by atoms with Crippen LogP contribution in [0.3, 0.4) is 0 Å². The number of furan rings is 1. The van der Waals surface area contributed by atoms with Gasteiger partial charge in [0.05, 0.1) is 12.9 Å². The van der Waals surface area contributed by atoms with Gasteiger partial charge in [-0.15, -0.1) is 0 Å². The van der Waals surface area contributed by atoms with Crippen LogP contribution in [0.15, 0.2) is 27.8 Å². The fourth-order valence-corrected chi connectivity index (χ4v) is 3.64. The van der Waals surface area contributed by atoms with E-state index in [4.69, 9.17) is 14.1 Å². The highest BCUT2D eigenvalue weighted by Crippen LogP contribution is 2.15. The molecule has 0 radical (unpaired) electrons. The number of likely N-dealkylation sites (N-methyl/N-ethyl adjacent to an activating group) is 1. The van der Waals surface area contributed by atoms with Gasteiger partial charge in [-0.3, -0.25) is 9.89 Å². The van der Waals surface area contributed by atoms with Crippen LogP contribution in [-0.2, 0) is 11.2 Å². The highest BCUT2D eigenvalue weighted by molar-refractivity contribution is 5.79. The number of ether oxygens (including phenoxy) is 1. The molecule has 1 aromatic heterocycles. The first-order valence-electron chi connectivity index (χ1n) is 9.71. The first kappa shape index (κ1) is 18.3. The molecule has 0 bridgehead atoms. The molecule has 0 aromatic carbocycles. The molecule has 0 aliphatic carbocycles. The summed E-state index contributed by atoms with van der Waals surface area (Å²) in [6.07, 6.45) is 6.29. The molecule has 2 aliphatic heterocycles. The number of nitrogens with one attached hydrogen (secondary N) is 2. The molecule has 2 aliphatic rings. The van der Waals surface area contributed by atoms with Crippen molar-refractivity contribution in [3.8, 4) is 0 Å². The highest BCUT2D eigenvalue weighted by Gasteiger charge is 2.23. The lowest BCUT2D eigenvalue weighted by Gasteiger charge is -2.24. The average molecular weight is 348 g/mol. The van der Waals surface area contributed by atoms with Crippen LogP contribution in [0.2, 0.25) is 0 Å². The van der Waals surface area contributed by atoms with Gasteiger partial charge >= 0.3 is 0 Å². The van der Waals surface area contributed by atoms with E-state index in [1.165, 1.54) is 19.4 Å². The van der Waals surface area contributed by atoms with Gasteiger partial charge in [-0.2, -0.15) is 0 Å². The van der Waals surface area contributed by atoms with E-state index in [0.717, 1.165) is 64.0 Å². The summed E-state index contributed by atoms with van der Waals surface area (Å²) in [5.74, 6) is 2.48. The van der Waals surface area contributed by atoms with Gasteiger partial charge in [-0.1, -0.05) is 6.92 Å². The average Bonchev–Trinajstić information content (AvgIpc) is 3.39. The normalized spacial score (nSPS) is 24.8. The van der Waals surface area contributed by atoms with E-state index in [0.29, 0.717) is 12.0 Å². The second-order valence-corrected chi connectivity index (χ2v) is 6.98. The van der Waals surface area contributed by atoms with Gasteiger partial charge in [-0.05, 0) is 44.5 Å². The van der Waals surface area contributed by atoms with Gasteiger partial charge in [0, 0.05) is 44.6 Å². The molecule has 6 nitrogen and oxygen atoms in total. The van der Waals surface area contributed by atoms with Crippen LogP contribution in [0.25, 0.3) is 0 Å². The topological polar surface area (TPSA) is 62.0 Å². The third-order valence-corrected chi connectivity index (χ3v) is 5.19. The summed E-state index contributed by atoms with van der Waals surface area (Å²) in [5.41, 5.74) is 0. The van der Waals surface area contributed by atoms with E-state index in [-0.39, 0.29) is 0 Å². The van der Waals surface area contributed by atoms with Crippen LogP contribution in [0, 0.1) is 5.92 Å². The van der Waals surface area contributed by atoms with Crippen LogP contribution in [0.1, 0.15) is 31.9 Å².